The Morgan fingerprint density at radius 3 is 2.35 bits per heavy atom. The van der Waals surface area contributed by atoms with Gasteiger partial charge in [0.15, 0.2) is 0 Å². The lowest BCUT2D eigenvalue weighted by Gasteiger charge is -2.18. The maximum absolute atomic E-state index is 13.1. The van der Waals surface area contributed by atoms with Crippen molar-refractivity contribution in [3.63, 3.8) is 0 Å². The lowest BCUT2D eigenvalue weighted by Crippen LogP contribution is -2.13. The third-order valence-electron chi connectivity index (χ3n) is 3.29. The molecule has 0 amide bonds. The lowest BCUT2D eigenvalue weighted by atomic mass is 10.0. The number of ether oxygens (including phenoxy) is 1. The van der Waals surface area contributed by atoms with Crippen LogP contribution in [0.3, 0.4) is 0 Å². The predicted octanol–water partition coefficient (Wildman–Crippen LogP) is 3.92. The number of methoxy groups -OCH3 is 1. The number of aryl methyl sites for hydroxylation is 1. The van der Waals surface area contributed by atoms with Gasteiger partial charge in [0.2, 0.25) is 0 Å². The van der Waals surface area contributed by atoms with Crippen molar-refractivity contribution >= 4 is 16.6 Å². The van der Waals surface area contributed by atoms with Crippen molar-refractivity contribution in [1.29, 1.82) is 0 Å². The summed E-state index contributed by atoms with van der Waals surface area (Å²) in [6.45, 7) is 3.25. The molecule has 108 valence electrons. The summed E-state index contributed by atoms with van der Waals surface area (Å²) < 4.78 is 44.4. The van der Waals surface area contributed by atoms with E-state index < -0.39 is 11.9 Å². The number of halogens is 3. The van der Waals surface area contributed by atoms with Crippen molar-refractivity contribution in [2.45, 2.75) is 20.0 Å². The molecule has 0 atom stereocenters. The van der Waals surface area contributed by atoms with E-state index in [-0.39, 0.29) is 11.1 Å². The van der Waals surface area contributed by atoms with Gasteiger partial charge >= 0.3 is 6.18 Å². The van der Waals surface area contributed by atoms with Crippen LogP contribution in [-0.4, -0.2) is 19.1 Å². The number of fused-ring (bicyclic) bond motifs is 1. The van der Waals surface area contributed by atoms with Gasteiger partial charge in [-0.2, -0.15) is 13.2 Å². The van der Waals surface area contributed by atoms with E-state index in [0.29, 0.717) is 16.8 Å². The molecule has 0 saturated heterocycles. The van der Waals surface area contributed by atoms with Crippen LogP contribution in [0.1, 0.15) is 16.8 Å². The number of nitrogens with zero attached hydrogens (tertiary/aromatic N) is 1. The van der Waals surface area contributed by atoms with E-state index in [4.69, 9.17) is 4.74 Å². The van der Waals surface area contributed by atoms with Crippen LogP contribution in [0, 0.1) is 13.8 Å². The summed E-state index contributed by atoms with van der Waals surface area (Å²) in [5, 5.41) is 3.50. The zero-order valence-electron chi connectivity index (χ0n) is 11.6. The van der Waals surface area contributed by atoms with Crippen LogP contribution in [-0.2, 0) is 6.18 Å². The van der Waals surface area contributed by atoms with Gasteiger partial charge in [0.05, 0.1) is 7.11 Å². The topological polar surface area (TPSA) is 34.2 Å². The lowest BCUT2D eigenvalue weighted by molar-refractivity contribution is -0.141. The molecule has 1 aromatic heterocycles. The van der Waals surface area contributed by atoms with Crippen LogP contribution in [0.15, 0.2) is 12.1 Å². The third-order valence-corrected chi connectivity index (χ3v) is 3.29. The van der Waals surface area contributed by atoms with Crippen molar-refractivity contribution in [1.82, 2.24) is 4.98 Å². The Labute approximate surface area is 114 Å². The van der Waals surface area contributed by atoms with Gasteiger partial charge in [-0.3, -0.25) is 0 Å². The molecule has 0 aliphatic carbocycles. The van der Waals surface area contributed by atoms with Gasteiger partial charge in [0.1, 0.15) is 17.0 Å². The molecule has 3 nitrogen and oxygen atoms in total. The standard InChI is InChI=1S/C14H15F3N2O/c1-7-5-6-9(20-4)12-10(7)11(18-3)8(2)13(19-12)14(15,16)17/h5-6H,1-4H3,(H,18,19). The fraction of sp³-hybridized carbons (Fsp3) is 0.357. The Balaban J connectivity index is 2.99. The van der Waals surface area contributed by atoms with Crippen LogP contribution in [0.25, 0.3) is 10.9 Å². The Kier molecular flexibility index (Phi) is 3.50. The van der Waals surface area contributed by atoms with Gasteiger partial charge in [-0.1, -0.05) is 6.07 Å². The van der Waals surface area contributed by atoms with Crippen LogP contribution in [0.4, 0.5) is 18.9 Å². The molecule has 0 bridgehead atoms. The van der Waals surface area contributed by atoms with Crippen LogP contribution in [0.5, 0.6) is 5.75 Å². The quantitative estimate of drug-likeness (QED) is 0.907. The zero-order chi connectivity index (χ0) is 15.1. The summed E-state index contributed by atoms with van der Waals surface area (Å²) in [5.74, 6) is 0.326. The van der Waals surface area contributed by atoms with E-state index in [1.54, 1.807) is 19.2 Å². The maximum atomic E-state index is 13.1. The van der Waals surface area contributed by atoms with Crippen molar-refractivity contribution in [2.75, 3.05) is 19.5 Å². The zero-order valence-corrected chi connectivity index (χ0v) is 11.6. The van der Waals surface area contributed by atoms with Gasteiger partial charge in [0, 0.05) is 23.7 Å². The summed E-state index contributed by atoms with van der Waals surface area (Å²) >= 11 is 0. The number of benzene rings is 1. The number of aromatic nitrogens is 1. The second kappa shape index (κ2) is 4.85. The number of hydrogen-bond donors (Lipinski definition) is 1. The van der Waals surface area contributed by atoms with Gasteiger partial charge < -0.3 is 10.1 Å². The average Bonchev–Trinajstić information content (AvgIpc) is 2.37. The van der Waals surface area contributed by atoms with Crippen molar-refractivity contribution in [2.24, 2.45) is 0 Å². The number of rotatable bonds is 2. The Bertz CT molecular complexity index is 666. The van der Waals surface area contributed by atoms with Crippen LogP contribution < -0.4 is 10.1 Å². The second-order valence-electron chi connectivity index (χ2n) is 4.52. The molecule has 0 spiro atoms. The molecule has 20 heavy (non-hydrogen) atoms. The molecule has 0 saturated carbocycles. The molecule has 1 N–H and O–H groups in total. The van der Waals surface area contributed by atoms with E-state index in [9.17, 15) is 13.2 Å². The molecule has 2 aromatic rings. The first kappa shape index (κ1) is 14.4. The number of nitrogens with one attached hydrogen (secondary N) is 1. The van der Waals surface area contributed by atoms with Crippen molar-refractivity contribution in [3.8, 4) is 5.75 Å². The monoisotopic (exact) mass is 284 g/mol. The first-order valence-electron chi connectivity index (χ1n) is 6.04. The number of anilines is 1. The Morgan fingerprint density at radius 2 is 1.85 bits per heavy atom. The first-order chi connectivity index (χ1) is 9.31. The highest BCUT2D eigenvalue weighted by molar-refractivity contribution is 5.99. The molecule has 1 aromatic carbocycles. The SMILES string of the molecule is CNc1c(C)c(C(F)(F)F)nc2c(OC)ccc(C)c12. The molecule has 0 aliphatic heterocycles. The average molecular weight is 284 g/mol. The summed E-state index contributed by atoms with van der Waals surface area (Å²) in [7, 11) is 3.01. The molecule has 0 aliphatic rings. The van der Waals surface area contributed by atoms with Gasteiger partial charge in [-0.05, 0) is 25.5 Å². The predicted molar refractivity (Wildman–Crippen MR) is 72.3 cm³/mol. The molecule has 2 rings (SSSR count). The van der Waals surface area contributed by atoms with E-state index >= 15 is 0 Å². The molecular weight excluding hydrogens is 269 g/mol. The minimum Gasteiger partial charge on any atom is -0.494 e. The summed E-state index contributed by atoms with van der Waals surface area (Å²) in [4.78, 5) is 3.80. The molecule has 0 radical (unpaired) electrons. The molecule has 6 heteroatoms. The van der Waals surface area contributed by atoms with E-state index in [0.717, 1.165) is 5.56 Å². The summed E-state index contributed by atoms with van der Waals surface area (Å²) in [6.07, 6.45) is -4.50. The fourth-order valence-corrected chi connectivity index (χ4v) is 2.35. The third kappa shape index (κ3) is 2.15. The number of pyridine rings is 1. The first-order valence-corrected chi connectivity index (χ1v) is 6.04. The van der Waals surface area contributed by atoms with Crippen LogP contribution >= 0.6 is 0 Å². The molecular formula is C14H15F3N2O. The van der Waals surface area contributed by atoms with Gasteiger partial charge in [-0.25, -0.2) is 4.98 Å². The van der Waals surface area contributed by atoms with E-state index in [2.05, 4.69) is 10.3 Å². The highest BCUT2D eigenvalue weighted by Gasteiger charge is 2.36. The Hall–Kier alpha value is -1.98. The molecule has 0 fully saturated rings. The normalized spacial score (nSPS) is 11.8. The van der Waals surface area contributed by atoms with Crippen molar-refractivity contribution in [3.05, 3.63) is 29.0 Å². The number of hydrogen-bond acceptors (Lipinski definition) is 3. The maximum Gasteiger partial charge on any atom is 0.433 e. The fourth-order valence-electron chi connectivity index (χ4n) is 2.35. The minimum absolute atomic E-state index is 0.0869. The van der Waals surface area contributed by atoms with E-state index in [1.165, 1.54) is 14.0 Å². The second-order valence-corrected chi connectivity index (χ2v) is 4.52. The largest absolute Gasteiger partial charge is 0.494 e. The highest BCUT2D eigenvalue weighted by Crippen LogP contribution is 2.40. The van der Waals surface area contributed by atoms with Crippen molar-refractivity contribution < 1.29 is 17.9 Å². The Morgan fingerprint density at radius 1 is 1.20 bits per heavy atom. The minimum atomic E-state index is -4.50. The van der Waals surface area contributed by atoms with Crippen LogP contribution in [0.2, 0.25) is 0 Å². The number of alkyl halides is 3. The molecule has 0 unspecified atom stereocenters. The summed E-state index contributed by atoms with van der Waals surface area (Å²) in [5.41, 5.74) is 0.685. The smallest absolute Gasteiger partial charge is 0.433 e. The van der Waals surface area contributed by atoms with Gasteiger partial charge in [-0.15, -0.1) is 0 Å². The molecule has 1 heterocycles. The summed E-state index contributed by atoms with van der Waals surface area (Å²) in [6, 6.07) is 3.43. The van der Waals surface area contributed by atoms with E-state index in [1.807, 2.05) is 6.92 Å². The van der Waals surface area contributed by atoms with Gasteiger partial charge in [0.25, 0.3) is 0 Å². The highest BCUT2D eigenvalue weighted by atomic mass is 19.4.